The molecule has 0 unspecified atom stereocenters. The molecule has 0 radical (unpaired) electrons. The number of para-hydroxylation sites is 1. The van der Waals surface area contributed by atoms with Gasteiger partial charge < -0.3 is 13.9 Å². The largest absolute Gasteiger partial charge is 0.493 e. The Bertz CT molecular complexity index is 994. The topological polar surface area (TPSA) is 48.7 Å². The third-order valence-corrected chi connectivity index (χ3v) is 4.06. The molecule has 1 heterocycles. The third kappa shape index (κ3) is 4.47. The van der Waals surface area contributed by atoms with Crippen LogP contribution in [0.4, 0.5) is 13.2 Å². The minimum Gasteiger partial charge on any atom is -0.493 e. The number of alkyl halides is 3. The molecule has 0 amide bonds. The molecule has 2 aromatic carbocycles. The molecule has 0 aliphatic rings. The molecule has 148 valence electrons. The summed E-state index contributed by atoms with van der Waals surface area (Å²) in [5.74, 6) is -1.91. The normalized spacial score (nSPS) is 11.6. The van der Waals surface area contributed by atoms with Crippen molar-refractivity contribution in [3.8, 4) is 17.2 Å². The number of rotatable bonds is 7. The van der Waals surface area contributed by atoms with Crippen LogP contribution in [0.3, 0.4) is 0 Å². The van der Waals surface area contributed by atoms with E-state index in [2.05, 4.69) is 6.92 Å². The first-order valence-electron chi connectivity index (χ1n) is 8.94. The van der Waals surface area contributed by atoms with E-state index in [-0.39, 0.29) is 16.7 Å². The van der Waals surface area contributed by atoms with Gasteiger partial charge in [0, 0.05) is 6.07 Å². The molecule has 0 aliphatic carbocycles. The molecule has 4 nitrogen and oxygen atoms in total. The lowest BCUT2D eigenvalue weighted by Crippen LogP contribution is -2.15. The van der Waals surface area contributed by atoms with Crippen LogP contribution in [0.1, 0.15) is 31.9 Å². The molecular weight excluding hydrogens is 373 g/mol. The average Bonchev–Trinajstić information content (AvgIpc) is 2.67. The van der Waals surface area contributed by atoms with Crippen molar-refractivity contribution in [3.63, 3.8) is 0 Å². The van der Waals surface area contributed by atoms with Crippen molar-refractivity contribution in [2.75, 3.05) is 6.61 Å². The Labute approximate surface area is 159 Å². The van der Waals surface area contributed by atoms with Gasteiger partial charge in [0.05, 0.1) is 12.0 Å². The van der Waals surface area contributed by atoms with Crippen LogP contribution in [-0.4, -0.2) is 6.61 Å². The fraction of sp³-hybridized carbons (Fsp3) is 0.286. The van der Waals surface area contributed by atoms with Gasteiger partial charge in [0.15, 0.2) is 0 Å². The lowest BCUT2D eigenvalue weighted by atomic mass is 10.2. The van der Waals surface area contributed by atoms with Crippen molar-refractivity contribution in [1.29, 1.82) is 0 Å². The Morgan fingerprint density at radius 2 is 1.75 bits per heavy atom. The first-order valence-corrected chi connectivity index (χ1v) is 8.94. The minimum absolute atomic E-state index is 0.0140. The highest BCUT2D eigenvalue weighted by Crippen LogP contribution is 2.38. The highest BCUT2D eigenvalue weighted by atomic mass is 19.4. The summed E-state index contributed by atoms with van der Waals surface area (Å²) < 4.78 is 56.3. The summed E-state index contributed by atoms with van der Waals surface area (Å²) in [4.78, 5) is 12.7. The van der Waals surface area contributed by atoms with Crippen molar-refractivity contribution >= 4 is 11.0 Å². The molecule has 3 aromatic rings. The van der Waals surface area contributed by atoms with Crippen LogP contribution in [0.25, 0.3) is 11.0 Å². The summed E-state index contributed by atoms with van der Waals surface area (Å²) in [5.41, 5.74) is -1.10. The van der Waals surface area contributed by atoms with Crippen molar-refractivity contribution in [1.82, 2.24) is 0 Å². The highest BCUT2D eigenvalue weighted by Gasteiger charge is 2.40. The first-order chi connectivity index (χ1) is 13.4. The van der Waals surface area contributed by atoms with E-state index in [1.54, 1.807) is 18.2 Å². The monoisotopic (exact) mass is 392 g/mol. The summed E-state index contributed by atoms with van der Waals surface area (Å²) >= 11 is 0. The molecule has 0 spiro atoms. The SMILES string of the molecule is CCCCCOc1ccc2c(=O)c(Oc3ccccc3)c(C(F)(F)F)oc2c1. The lowest BCUT2D eigenvalue weighted by molar-refractivity contribution is -0.154. The van der Waals surface area contributed by atoms with E-state index in [9.17, 15) is 18.0 Å². The average molecular weight is 392 g/mol. The second-order valence-corrected chi connectivity index (χ2v) is 6.22. The summed E-state index contributed by atoms with van der Waals surface area (Å²) in [7, 11) is 0. The number of benzene rings is 2. The maximum atomic E-state index is 13.5. The zero-order valence-electron chi connectivity index (χ0n) is 15.2. The zero-order chi connectivity index (χ0) is 20.1. The van der Waals surface area contributed by atoms with Crippen LogP contribution in [0.2, 0.25) is 0 Å². The zero-order valence-corrected chi connectivity index (χ0v) is 15.2. The number of unbranched alkanes of at least 4 members (excludes halogenated alkanes) is 2. The first kappa shape index (κ1) is 19.8. The van der Waals surface area contributed by atoms with E-state index in [1.165, 1.54) is 30.3 Å². The van der Waals surface area contributed by atoms with E-state index in [0.717, 1.165) is 19.3 Å². The van der Waals surface area contributed by atoms with Crippen molar-refractivity contribution in [3.05, 3.63) is 64.5 Å². The van der Waals surface area contributed by atoms with Gasteiger partial charge >= 0.3 is 6.18 Å². The standard InChI is InChI=1S/C21H19F3O4/c1-2-3-7-12-26-15-10-11-16-17(13-15)28-20(21(22,23)24)19(18(16)25)27-14-8-5-4-6-9-14/h4-6,8-11,13H,2-3,7,12H2,1H3. The van der Waals surface area contributed by atoms with E-state index in [0.29, 0.717) is 12.4 Å². The second-order valence-electron chi connectivity index (χ2n) is 6.22. The summed E-state index contributed by atoms with van der Waals surface area (Å²) in [6.45, 7) is 2.49. The molecule has 3 rings (SSSR count). The highest BCUT2D eigenvalue weighted by molar-refractivity contribution is 5.79. The van der Waals surface area contributed by atoms with E-state index < -0.39 is 23.1 Å². The van der Waals surface area contributed by atoms with Crippen molar-refractivity contribution in [2.45, 2.75) is 32.4 Å². The molecule has 1 aromatic heterocycles. The molecule has 28 heavy (non-hydrogen) atoms. The van der Waals surface area contributed by atoms with Gasteiger partial charge in [-0.2, -0.15) is 13.2 Å². The van der Waals surface area contributed by atoms with Gasteiger partial charge in [0.25, 0.3) is 5.76 Å². The predicted octanol–water partition coefficient (Wildman–Crippen LogP) is 6.17. The van der Waals surface area contributed by atoms with Crippen LogP contribution in [-0.2, 0) is 6.18 Å². The summed E-state index contributed by atoms with van der Waals surface area (Å²) in [5, 5.41) is -0.0140. The smallest absolute Gasteiger partial charge is 0.453 e. The van der Waals surface area contributed by atoms with Crippen LogP contribution in [0.15, 0.2) is 57.7 Å². The Hall–Kier alpha value is -2.96. The lowest BCUT2D eigenvalue weighted by Gasteiger charge is -2.13. The van der Waals surface area contributed by atoms with E-state index in [4.69, 9.17) is 13.9 Å². The number of fused-ring (bicyclic) bond motifs is 1. The van der Waals surface area contributed by atoms with Gasteiger partial charge in [-0.15, -0.1) is 0 Å². The number of hydrogen-bond donors (Lipinski definition) is 0. The fourth-order valence-electron chi connectivity index (χ4n) is 2.67. The Balaban J connectivity index is 2.03. The Kier molecular flexibility index (Phi) is 5.92. The molecule has 0 saturated heterocycles. The van der Waals surface area contributed by atoms with Crippen LogP contribution < -0.4 is 14.9 Å². The molecular formula is C21H19F3O4. The molecule has 0 bridgehead atoms. The van der Waals surface area contributed by atoms with Crippen molar-refractivity contribution < 1.29 is 27.1 Å². The van der Waals surface area contributed by atoms with E-state index >= 15 is 0 Å². The van der Waals surface area contributed by atoms with Crippen LogP contribution >= 0.6 is 0 Å². The quantitative estimate of drug-likeness (QED) is 0.451. The van der Waals surface area contributed by atoms with Gasteiger partial charge in [-0.05, 0) is 30.7 Å². The third-order valence-electron chi connectivity index (χ3n) is 4.06. The Morgan fingerprint density at radius 3 is 2.43 bits per heavy atom. The van der Waals surface area contributed by atoms with Gasteiger partial charge in [-0.1, -0.05) is 38.0 Å². The molecule has 0 fully saturated rings. The van der Waals surface area contributed by atoms with Crippen molar-refractivity contribution in [2.24, 2.45) is 0 Å². The maximum absolute atomic E-state index is 13.5. The van der Waals surface area contributed by atoms with Crippen LogP contribution in [0.5, 0.6) is 17.2 Å². The molecule has 0 atom stereocenters. The predicted molar refractivity (Wildman–Crippen MR) is 99.0 cm³/mol. The summed E-state index contributed by atoms with van der Waals surface area (Å²) in [6, 6.07) is 12.0. The number of ether oxygens (including phenoxy) is 2. The van der Waals surface area contributed by atoms with Gasteiger partial charge in [-0.25, -0.2) is 0 Å². The number of halogens is 3. The number of hydrogen-bond acceptors (Lipinski definition) is 4. The van der Waals surface area contributed by atoms with E-state index in [1.807, 2.05) is 0 Å². The molecule has 0 saturated carbocycles. The Morgan fingerprint density at radius 1 is 1.00 bits per heavy atom. The van der Waals surface area contributed by atoms with Gasteiger partial charge in [0.2, 0.25) is 11.2 Å². The fourth-order valence-corrected chi connectivity index (χ4v) is 2.67. The van der Waals surface area contributed by atoms with Gasteiger partial charge in [0.1, 0.15) is 17.1 Å². The maximum Gasteiger partial charge on any atom is 0.453 e. The van der Waals surface area contributed by atoms with Gasteiger partial charge in [-0.3, -0.25) is 4.79 Å². The molecule has 0 aliphatic heterocycles. The molecule has 0 N–H and O–H groups in total. The minimum atomic E-state index is -4.89. The second kappa shape index (κ2) is 8.37. The summed E-state index contributed by atoms with van der Waals surface area (Å²) in [6.07, 6.45) is -2.05. The van der Waals surface area contributed by atoms with Crippen LogP contribution in [0, 0.1) is 0 Å². The molecule has 7 heteroatoms.